The van der Waals surface area contributed by atoms with Crippen molar-refractivity contribution in [3.8, 4) is 11.3 Å². The van der Waals surface area contributed by atoms with E-state index in [0.29, 0.717) is 17.6 Å². The fourth-order valence-corrected chi connectivity index (χ4v) is 5.30. The molecule has 4 heterocycles. The minimum atomic E-state index is 0.464. The van der Waals surface area contributed by atoms with Crippen LogP contribution in [0.15, 0.2) is 77.2 Å². The van der Waals surface area contributed by atoms with Gasteiger partial charge in [-0.05, 0) is 48.3 Å². The predicted molar refractivity (Wildman–Crippen MR) is 156 cm³/mol. The first kappa shape index (κ1) is 24.4. The molecule has 194 valence electrons. The number of fused-ring (bicyclic) bond motifs is 1. The van der Waals surface area contributed by atoms with Crippen LogP contribution >= 0.6 is 12.2 Å². The van der Waals surface area contributed by atoms with Gasteiger partial charge in [-0.25, -0.2) is 0 Å². The number of rotatable bonds is 6. The van der Waals surface area contributed by atoms with Gasteiger partial charge in [0.1, 0.15) is 23.2 Å². The van der Waals surface area contributed by atoms with Crippen LogP contribution in [0.5, 0.6) is 0 Å². The topological polar surface area (TPSA) is 69.5 Å². The summed E-state index contributed by atoms with van der Waals surface area (Å²) in [6.07, 6.45) is 4.91. The second-order valence-corrected chi connectivity index (χ2v) is 10.3. The highest BCUT2D eigenvalue weighted by Gasteiger charge is 2.22. The summed E-state index contributed by atoms with van der Waals surface area (Å²) in [5, 5.41) is 6.94. The van der Waals surface area contributed by atoms with Gasteiger partial charge in [0.05, 0.1) is 6.54 Å². The molecule has 2 aromatic carbocycles. The molecule has 7 nitrogen and oxygen atoms in total. The van der Waals surface area contributed by atoms with Crippen molar-refractivity contribution < 1.29 is 4.42 Å². The first-order valence-electron chi connectivity index (χ1n) is 13.4. The number of benzene rings is 2. The van der Waals surface area contributed by atoms with E-state index >= 15 is 0 Å². The predicted octanol–water partition coefficient (Wildman–Crippen LogP) is 6.12. The third-order valence-electron chi connectivity index (χ3n) is 7.16. The minimum absolute atomic E-state index is 0.464. The van der Waals surface area contributed by atoms with E-state index in [1.165, 1.54) is 36.8 Å². The molecule has 2 aliphatic heterocycles. The molecule has 0 radical (unpaired) electrons. The number of aromatic nitrogens is 2. The van der Waals surface area contributed by atoms with Gasteiger partial charge in [0.2, 0.25) is 5.95 Å². The summed E-state index contributed by atoms with van der Waals surface area (Å²) in [7, 11) is 0. The first-order valence-corrected chi connectivity index (χ1v) is 13.8. The van der Waals surface area contributed by atoms with E-state index in [9.17, 15) is 0 Å². The zero-order chi connectivity index (χ0) is 25.7. The average Bonchev–Trinajstić information content (AvgIpc) is 3.52. The van der Waals surface area contributed by atoms with E-state index in [2.05, 4.69) is 50.8 Å². The number of nitrogens with zero attached hydrogens (tertiary/aromatic N) is 4. The number of nitrogens with one attached hydrogen (secondary N) is 2. The number of thiocarbonyl (C=S) groups is 1. The zero-order valence-electron chi connectivity index (χ0n) is 21.4. The summed E-state index contributed by atoms with van der Waals surface area (Å²) in [4.78, 5) is 14.5. The lowest BCUT2D eigenvalue weighted by Crippen LogP contribution is -2.30. The van der Waals surface area contributed by atoms with E-state index in [0.717, 1.165) is 54.9 Å². The SMILES string of the molecule is S=C(NCc1ccc(-c2ccccc2)o1)Nc1nc(N2CCCCCC2)cc(N2Cc3ccccc3C2)n1. The Morgan fingerprint density at radius 2 is 1.45 bits per heavy atom. The van der Waals surface area contributed by atoms with Gasteiger partial charge in [0, 0.05) is 37.8 Å². The number of furan rings is 1. The quantitative estimate of drug-likeness (QED) is 0.292. The zero-order valence-corrected chi connectivity index (χ0v) is 22.2. The highest BCUT2D eigenvalue weighted by molar-refractivity contribution is 7.80. The fraction of sp³-hybridized carbons (Fsp3) is 0.300. The third kappa shape index (κ3) is 5.65. The smallest absolute Gasteiger partial charge is 0.232 e. The van der Waals surface area contributed by atoms with Gasteiger partial charge in [0.25, 0.3) is 0 Å². The second kappa shape index (κ2) is 11.2. The summed E-state index contributed by atoms with van der Waals surface area (Å²) >= 11 is 5.62. The van der Waals surface area contributed by atoms with E-state index in [1.807, 2.05) is 42.5 Å². The molecule has 2 aromatic heterocycles. The van der Waals surface area contributed by atoms with Gasteiger partial charge in [0.15, 0.2) is 5.11 Å². The lowest BCUT2D eigenvalue weighted by Gasteiger charge is -2.25. The van der Waals surface area contributed by atoms with E-state index < -0.39 is 0 Å². The van der Waals surface area contributed by atoms with Gasteiger partial charge >= 0.3 is 0 Å². The maximum absolute atomic E-state index is 6.00. The molecule has 6 rings (SSSR count). The van der Waals surface area contributed by atoms with Crippen LogP contribution in [0.1, 0.15) is 42.6 Å². The summed E-state index contributed by atoms with van der Waals surface area (Å²) in [6, 6.07) is 24.8. The highest BCUT2D eigenvalue weighted by Crippen LogP contribution is 2.30. The molecule has 0 aliphatic carbocycles. The Bertz CT molecular complexity index is 1370. The van der Waals surface area contributed by atoms with Crippen LogP contribution in [0.2, 0.25) is 0 Å². The van der Waals surface area contributed by atoms with Gasteiger partial charge < -0.3 is 24.9 Å². The Morgan fingerprint density at radius 1 is 0.789 bits per heavy atom. The normalized spacial score (nSPS) is 15.2. The maximum atomic E-state index is 6.00. The summed E-state index contributed by atoms with van der Waals surface area (Å²) < 4.78 is 6.00. The molecule has 0 saturated carbocycles. The van der Waals surface area contributed by atoms with Crippen molar-refractivity contribution in [2.45, 2.75) is 45.3 Å². The Morgan fingerprint density at radius 3 is 2.16 bits per heavy atom. The van der Waals surface area contributed by atoms with Crippen molar-refractivity contribution in [1.82, 2.24) is 15.3 Å². The molecule has 38 heavy (non-hydrogen) atoms. The molecule has 1 saturated heterocycles. The van der Waals surface area contributed by atoms with Crippen LogP contribution in [-0.4, -0.2) is 28.2 Å². The number of hydrogen-bond donors (Lipinski definition) is 2. The first-order chi connectivity index (χ1) is 18.7. The summed E-state index contributed by atoms with van der Waals surface area (Å²) in [5.74, 6) is 4.03. The molecule has 2 aliphatic rings. The third-order valence-corrected chi connectivity index (χ3v) is 7.41. The highest BCUT2D eigenvalue weighted by atomic mass is 32.1. The van der Waals surface area contributed by atoms with Crippen LogP contribution in [0.4, 0.5) is 17.6 Å². The second-order valence-electron chi connectivity index (χ2n) is 9.87. The Labute approximate surface area is 228 Å². The lowest BCUT2D eigenvalue weighted by molar-refractivity contribution is 0.516. The van der Waals surface area contributed by atoms with Crippen LogP contribution in [0.3, 0.4) is 0 Å². The Balaban J connectivity index is 1.17. The van der Waals surface area contributed by atoms with Gasteiger partial charge in [-0.1, -0.05) is 67.4 Å². The van der Waals surface area contributed by atoms with E-state index in [4.69, 9.17) is 26.6 Å². The van der Waals surface area contributed by atoms with Crippen molar-refractivity contribution in [3.63, 3.8) is 0 Å². The number of hydrogen-bond acceptors (Lipinski definition) is 6. The molecular weight excluding hydrogens is 492 g/mol. The van der Waals surface area contributed by atoms with Gasteiger partial charge in [-0.3, -0.25) is 0 Å². The van der Waals surface area contributed by atoms with Crippen LogP contribution in [0.25, 0.3) is 11.3 Å². The molecule has 4 aromatic rings. The summed E-state index contributed by atoms with van der Waals surface area (Å²) in [6.45, 7) is 4.19. The molecule has 0 atom stereocenters. The van der Waals surface area contributed by atoms with Crippen LogP contribution in [-0.2, 0) is 19.6 Å². The minimum Gasteiger partial charge on any atom is -0.459 e. The molecule has 1 fully saturated rings. The largest absolute Gasteiger partial charge is 0.459 e. The molecule has 2 N–H and O–H groups in total. The monoisotopic (exact) mass is 524 g/mol. The molecule has 0 amide bonds. The molecule has 8 heteroatoms. The van der Waals surface area contributed by atoms with Crippen LogP contribution in [0, 0.1) is 0 Å². The lowest BCUT2D eigenvalue weighted by atomic mass is 10.1. The number of anilines is 3. The molecule has 0 unspecified atom stereocenters. The standard InChI is InChI=1S/C30H32N6OS/c38-30(31-19-25-14-15-26(37-25)22-10-4-3-5-11-22)34-29-32-27(35-16-8-1-2-9-17-35)18-28(33-29)36-20-23-12-6-7-13-24(23)21-36/h3-7,10-15,18H,1-2,8-9,16-17,19-21H2,(H2,31,32,33,34,38). The van der Waals surface area contributed by atoms with Crippen molar-refractivity contribution in [2.24, 2.45) is 0 Å². The van der Waals surface area contributed by atoms with Crippen molar-refractivity contribution >= 4 is 34.9 Å². The van der Waals surface area contributed by atoms with Crippen molar-refractivity contribution in [1.29, 1.82) is 0 Å². The van der Waals surface area contributed by atoms with E-state index in [1.54, 1.807) is 0 Å². The maximum Gasteiger partial charge on any atom is 0.232 e. The molecular formula is C30H32N6OS. The van der Waals surface area contributed by atoms with Crippen LogP contribution < -0.4 is 20.4 Å². The Hall–Kier alpha value is -3.91. The average molecular weight is 525 g/mol. The Kier molecular flexibility index (Phi) is 7.22. The fourth-order valence-electron chi connectivity index (χ4n) is 5.14. The summed E-state index contributed by atoms with van der Waals surface area (Å²) in [5.41, 5.74) is 3.75. The van der Waals surface area contributed by atoms with Crippen molar-refractivity contribution in [2.75, 3.05) is 28.2 Å². The van der Waals surface area contributed by atoms with Gasteiger partial charge in [-0.2, -0.15) is 9.97 Å². The van der Waals surface area contributed by atoms with E-state index in [-0.39, 0.29) is 0 Å². The van der Waals surface area contributed by atoms with Gasteiger partial charge in [-0.15, -0.1) is 0 Å². The molecule has 0 spiro atoms. The molecule has 0 bridgehead atoms. The van der Waals surface area contributed by atoms with Crippen molar-refractivity contribution in [3.05, 3.63) is 89.7 Å².